The van der Waals surface area contributed by atoms with Gasteiger partial charge < -0.3 is 23.7 Å². The summed E-state index contributed by atoms with van der Waals surface area (Å²) in [5, 5.41) is 4.94. The molecule has 16 heteroatoms. The first-order chi connectivity index (χ1) is 28.9. The van der Waals surface area contributed by atoms with Crippen molar-refractivity contribution in [2.75, 3.05) is 73.0 Å². The average Bonchev–Trinajstić information content (AvgIpc) is 3.52. The lowest BCUT2D eigenvalue weighted by Gasteiger charge is -2.46. The zero-order chi connectivity index (χ0) is 42.2. The number of benzene rings is 1. The average molecular weight is 868 g/mol. The first-order valence-electron chi connectivity index (χ1n) is 21.2. The van der Waals surface area contributed by atoms with E-state index in [-0.39, 0.29) is 46.8 Å². The van der Waals surface area contributed by atoms with Gasteiger partial charge in [0.2, 0.25) is 5.88 Å². The number of amides is 2. The highest BCUT2D eigenvalue weighted by molar-refractivity contribution is 7.92. The number of allylic oxidation sites excluding steroid dienone is 2. The number of carbonyl (C=O) groups is 2. The molecule has 3 aliphatic heterocycles. The van der Waals surface area contributed by atoms with E-state index in [1.807, 2.05) is 25.1 Å². The number of rotatable bonds is 9. The Morgan fingerprint density at radius 2 is 1.92 bits per heavy atom. The summed E-state index contributed by atoms with van der Waals surface area (Å²) in [6, 6.07) is 6.02. The van der Waals surface area contributed by atoms with Crippen LogP contribution in [0.25, 0.3) is 0 Å². The number of likely N-dealkylation sites (tertiary alicyclic amines) is 1. The summed E-state index contributed by atoms with van der Waals surface area (Å²) in [7, 11) is 2.80. The van der Waals surface area contributed by atoms with E-state index >= 15 is 4.21 Å². The van der Waals surface area contributed by atoms with Gasteiger partial charge in [-0.1, -0.05) is 36.7 Å². The van der Waals surface area contributed by atoms with Crippen LogP contribution in [0.5, 0.6) is 5.88 Å². The highest BCUT2D eigenvalue weighted by atomic mass is 35.5. The Hall–Kier alpha value is -3.57. The number of ether oxygens (including phenoxy) is 5. The number of nitrogens with zero attached hydrogens (tertiary/aromatic N) is 5. The van der Waals surface area contributed by atoms with Crippen LogP contribution in [0.15, 0.2) is 64.4 Å². The molecule has 2 saturated heterocycles. The third-order valence-corrected chi connectivity index (χ3v) is 15.7. The Morgan fingerprint density at radius 1 is 1.10 bits per heavy atom. The van der Waals surface area contributed by atoms with Crippen molar-refractivity contribution in [1.29, 1.82) is 0 Å². The van der Waals surface area contributed by atoms with Gasteiger partial charge in [-0.2, -0.15) is 0 Å². The minimum atomic E-state index is -3.75. The molecule has 3 fully saturated rings. The van der Waals surface area contributed by atoms with Crippen LogP contribution >= 0.6 is 11.6 Å². The number of aryl methyl sites for hydroxylation is 2. The normalized spacial score (nSPS) is 33.1. The number of fused-ring (bicyclic) bond motifs is 4. The third kappa shape index (κ3) is 9.00. The van der Waals surface area contributed by atoms with E-state index in [1.54, 1.807) is 27.3 Å². The summed E-state index contributed by atoms with van der Waals surface area (Å²) in [5.74, 6) is -0.438. The van der Waals surface area contributed by atoms with Crippen molar-refractivity contribution in [3.05, 3.63) is 81.7 Å². The topological polar surface area (TPSA) is 146 Å². The molecule has 1 aromatic heterocycles. The molecular formula is C44H59ClN6O8S. The molecule has 3 aliphatic carbocycles. The highest BCUT2D eigenvalue weighted by Crippen LogP contribution is 2.46. The fourth-order valence-electron chi connectivity index (χ4n) is 10.1. The van der Waals surface area contributed by atoms with E-state index in [1.165, 1.54) is 29.1 Å². The maximum absolute atomic E-state index is 15.2. The zero-order valence-electron chi connectivity index (χ0n) is 35.3. The van der Waals surface area contributed by atoms with Crippen molar-refractivity contribution in [3.63, 3.8) is 0 Å². The van der Waals surface area contributed by atoms with E-state index in [2.05, 4.69) is 42.2 Å². The predicted molar refractivity (Wildman–Crippen MR) is 228 cm³/mol. The minimum absolute atomic E-state index is 0.0684. The molecule has 4 heterocycles. The molecule has 1 spiro atoms. The largest absolute Gasteiger partial charge is 0.495 e. The number of nitrogens with one attached hydrogen (secondary N) is 1. The van der Waals surface area contributed by atoms with E-state index < -0.39 is 33.8 Å². The third-order valence-electron chi connectivity index (χ3n) is 13.5. The van der Waals surface area contributed by atoms with E-state index in [0.29, 0.717) is 37.7 Å². The summed E-state index contributed by atoms with van der Waals surface area (Å²) in [5.41, 5.74) is 2.76. The van der Waals surface area contributed by atoms with Gasteiger partial charge >= 0.3 is 0 Å². The minimum Gasteiger partial charge on any atom is -0.495 e. The molecule has 8 rings (SSSR count). The molecular weight excluding hydrogens is 808 g/mol. The van der Waals surface area contributed by atoms with Crippen molar-refractivity contribution < 1.29 is 37.5 Å². The van der Waals surface area contributed by atoms with Crippen LogP contribution in [-0.2, 0) is 52.5 Å². The molecule has 326 valence electrons. The zero-order valence-corrected chi connectivity index (χ0v) is 36.9. The van der Waals surface area contributed by atoms with Crippen LogP contribution in [0.2, 0.25) is 5.02 Å². The van der Waals surface area contributed by atoms with Gasteiger partial charge in [-0.25, -0.2) is 4.21 Å². The summed E-state index contributed by atoms with van der Waals surface area (Å²) in [6.45, 7) is 6.76. The second-order valence-electron chi connectivity index (χ2n) is 17.5. The van der Waals surface area contributed by atoms with Gasteiger partial charge in [-0.15, -0.1) is 9.46 Å². The number of methoxy groups -OCH3 is 3. The van der Waals surface area contributed by atoms with Crippen molar-refractivity contribution in [2.24, 2.45) is 29.2 Å². The van der Waals surface area contributed by atoms with E-state index in [0.717, 1.165) is 69.1 Å². The van der Waals surface area contributed by atoms with Crippen LogP contribution < -0.4 is 9.46 Å². The van der Waals surface area contributed by atoms with Crippen LogP contribution in [0.4, 0.5) is 0 Å². The molecule has 2 bridgehead atoms. The summed E-state index contributed by atoms with van der Waals surface area (Å²) in [4.78, 5) is 33.1. The maximum Gasteiger partial charge on any atom is 0.282 e. The van der Waals surface area contributed by atoms with E-state index in [4.69, 9.17) is 35.3 Å². The lowest BCUT2D eigenvalue weighted by atomic mass is 9.68. The molecule has 2 aromatic rings. The Kier molecular flexibility index (Phi) is 13.0. The van der Waals surface area contributed by atoms with Crippen LogP contribution in [0.3, 0.4) is 0 Å². The SMILES string of the molecule is COc1nn(C)cc1C(=O)NS1(=O)=NC(=O)C2=CC=C3OC[C@]4(CCCc5cc(Cl)ccc54)CN(C[C@@H]4CC[C@H]4[C@@H](OC)/C=C/[C@H](OCCN4CC(OC)C4)[C@H](C)C1)C3C2. The second kappa shape index (κ2) is 18.0. The summed E-state index contributed by atoms with van der Waals surface area (Å²) < 4.78 is 54.0. The lowest BCUT2D eigenvalue weighted by molar-refractivity contribution is -0.114. The summed E-state index contributed by atoms with van der Waals surface area (Å²) >= 11 is 6.51. The van der Waals surface area contributed by atoms with Gasteiger partial charge in [-0.05, 0) is 79.4 Å². The number of aromatic nitrogens is 2. The number of hydrogen-bond donors (Lipinski definition) is 1. The van der Waals surface area contributed by atoms with Crippen molar-refractivity contribution in [3.8, 4) is 5.88 Å². The number of halogens is 1. The van der Waals surface area contributed by atoms with Crippen LogP contribution in [0.1, 0.15) is 60.5 Å². The van der Waals surface area contributed by atoms with Gasteiger partial charge in [0, 0.05) is 88.5 Å². The van der Waals surface area contributed by atoms with Crippen LogP contribution in [-0.4, -0.2) is 133 Å². The molecule has 8 atom stereocenters. The lowest BCUT2D eigenvalue weighted by Crippen LogP contribution is -2.52. The number of hydrogen-bond acceptors (Lipinski definition) is 11. The molecule has 6 aliphatic rings. The van der Waals surface area contributed by atoms with Gasteiger partial charge in [0.15, 0.2) is 0 Å². The molecule has 1 saturated carbocycles. The second-order valence-corrected chi connectivity index (χ2v) is 19.9. The van der Waals surface area contributed by atoms with Gasteiger partial charge in [0.1, 0.15) is 21.2 Å². The molecule has 2 unspecified atom stereocenters. The first-order valence-corrected chi connectivity index (χ1v) is 23.3. The van der Waals surface area contributed by atoms with Gasteiger partial charge in [-0.3, -0.25) is 28.8 Å². The van der Waals surface area contributed by atoms with E-state index in [9.17, 15) is 9.59 Å². The molecule has 0 radical (unpaired) electrons. The maximum atomic E-state index is 15.2. The Balaban J connectivity index is 1.16. The standard InChI is InChI=1S/C44H59ClN6O8S/c1-28-25-60(54,48-42(53)35-24-49(2)46-43(35)57-5)47-41(52)30-9-13-40-37(20-30)51(26-44(27-59-40)16-6-7-29-19-32(45)10-12-36(29)44)21-31-8-11-34(31)39(56-4)15-14-38(28)58-18-17-50-22-33(23-50)55-3/h9-10,12-15,19,24,28,31,33-34,37-39H,6-8,11,16-18,20-23,25-27H2,1-5H3,(H,47,48,52,53,54)/b15-14+/t28-,31+,34-,37?,38+,39+,44+,60?/m1/s1. The van der Waals surface area contributed by atoms with Gasteiger partial charge in [0.05, 0.1) is 50.4 Å². The van der Waals surface area contributed by atoms with Crippen LogP contribution in [0, 0.1) is 17.8 Å². The number of carbonyl (C=O) groups excluding carboxylic acids is 2. The van der Waals surface area contributed by atoms with Gasteiger partial charge in [0.25, 0.3) is 11.8 Å². The highest BCUT2D eigenvalue weighted by Gasteiger charge is 2.47. The monoisotopic (exact) mass is 866 g/mol. The van der Waals surface area contributed by atoms with Crippen molar-refractivity contribution in [2.45, 2.75) is 75.2 Å². The predicted octanol–water partition coefficient (Wildman–Crippen LogP) is 4.87. The first kappa shape index (κ1) is 43.1. The smallest absolute Gasteiger partial charge is 0.282 e. The summed E-state index contributed by atoms with van der Waals surface area (Å²) in [6.07, 6.45) is 14.1. The Labute approximate surface area is 358 Å². The molecule has 60 heavy (non-hydrogen) atoms. The van der Waals surface area contributed by atoms with Crippen molar-refractivity contribution >= 4 is 33.3 Å². The molecule has 1 N–H and O–H groups in total. The fourth-order valence-corrected chi connectivity index (χ4v) is 12.2. The quantitative estimate of drug-likeness (QED) is 0.345. The Bertz CT molecular complexity index is 2160. The fraction of sp³-hybridized carbons (Fsp3) is 0.614. The Morgan fingerprint density at radius 3 is 2.67 bits per heavy atom. The molecule has 2 amide bonds. The molecule has 14 nitrogen and oxygen atoms in total. The molecule has 1 aromatic carbocycles. The van der Waals surface area contributed by atoms with Crippen molar-refractivity contribution in [1.82, 2.24) is 24.3 Å².